The molecule has 5 nitrogen and oxygen atoms in total. The zero-order chi connectivity index (χ0) is 13.9. The van der Waals surface area contributed by atoms with E-state index in [9.17, 15) is 0 Å². The third-order valence-corrected chi connectivity index (χ3v) is 4.70. The fourth-order valence-corrected chi connectivity index (χ4v) is 3.34. The van der Waals surface area contributed by atoms with E-state index in [0.717, 1.165) is 30.8 Å². The van der Waals surface area contributed by atoms with Crippen LogP contribution in [0.3, 0.4) is 0 Å². The molecule has 0 bridgehead atoms. The van der Waals surface area contributed by atoms with Crippen molar-refractivity contribution in [2.45, 2.75) is 57.4 Å². The van der Waals surface area contributed by atoms with E-state index in [1.807, 2.05) is 0 Å². The molecule has 0 aromatic carbocycles. The summed E-state index contributed by atoms with van der Waals surface area (Å²) in [5, 5.41) is 7.67. The Labute approximate surface area is 120 Å². The van der Waals surface area contributed by atoms with Crippen molar-refractivity contribution >= 4 is 0 Å². The van der Waals surface area contributed by atoms with Crippen LogP contribution in [0.4, 0.5) is 0 Å². The van der Waals surface area contributed by atoms with Gasteiger partial charge in [0.05, 0.1) is 19.1 Å². The van der Waals surface area contributed by atoms with Gasteiger partial charge in [0.1, 0.15) is 0 Å². The predicted molar refractivity (Wildman–Crippen MR) is 75.7 cm³/mol. The van der Waals surface area contributed by atoms with Crippen LogP contribution in [0.2, 0.25) is 0 Å². The van der Waals surface area contributed by atoms with E-state index in [0.29, 0.717) is 18.6 Å². The van der Waals surface area contributed by atoms with Gasteiger partial charge in [-0.05, 0) is 25.3 Å². The number of nitrogens with zero attached hydrogens (tertiary/aromatic N) is 2. The normalized spacial score (nSPS) is 34.5. The lowest BCUT2D eigenvalue weighted by molar-refractivity contribution is 0.185. The molecule has 5 heteroatoms. The van der Waals surface area contributed by atoms with Gasteiger partial charge >= 0.3 is 0 Å². The molecule has 1 saturated carbocycles. The highest BCUT2D eigenvalue weighted by Gasteiger charge is 2.34. The Morgan fingerprint density at radius 3 is 2.75 bits per heavy atom. The van der Waals surface area contributed by atoms with Gasteiger partial charge in [-0.3, -0.25) is 0 Å². The van der Waals surface area contributed by atoms with Crippen molar-refractivity contribution in [3.8, 4) is 0 Å². The second-order valence-electron chi connectivity index (χ2n) is 6.26. The molecule has 0 amide bonds. The van der Waals surface area contributed by atoms with Crippen LogP contribution in [-0.2, 0) is 4.74 Å². The zero-order valence-electron chi connectivity index (χ0n) is 12.5. The third-order valence-electron chi connectivity index (χ3n) is 4.70. The Morgan fingerprint density at radius 2 is 2.00 bits per heavy atom. The van der Waals surface area contributed by atoms with Crippen LogP contribution in [0.5, 0.6) is 0 Å². The molecule has 2 aliphatic rings. The van der Waals surface area contributed by atoms with E-state index in [-0.39, 0.29) is 5.92 Å². The highest BCUT2D eigenvalue weighted by atomic mass is 16.5. The second kappa shape index (κ2) is 6.22. The van der Waals surface area contributed by atoms with Gasteiger partial charge in [0.2, 0.25) is 5.89 Å². The number of hydrogen-bond donors (Lipinski definition) is 1. The first-order chi connectivity index (χ1) is 9.78. The lowest BCUT2D eigenvalue weighted by atomic mass is 9.83. The van der Waals surface area contributed by atoms with Crippen molar-refractivity contribution in [3.05, 3.63) is 11.7 Å². The number of aromatic nitrogens is 2. The van der Waals surface area contributed by atoms with Gasteiger partial charge in [-0.25, -0.2) is 0 Å². The van der Waals surface area contributed by atoms with Crippen molar-refractivity contribution < 1.29 is 9.26 Å². The Hall–Kier alpha value is -0.940. The van der Waals surface area contributed by atoms with Gasteiger partial charge in [-0.15, -0.1) is 0 Å². The van der Waals surface area contributed by atoms with Crippen molar-refractivity contribution in [1.82, 2.24) is 15.5 Å². The highest BCUT2D eigenvalue weighted by molar-refractivity contribution is 5.05. The molecule has 3 rings (SSSR count). The molecule has 112 valence electrons. The minimum Gasteiger partial charge on any atom is -0.379 e. The molecular formula is C15H25N3O2. The first-order valence-corrected chi connectivity index (χ1v) is 7.92. The summed E-state index contributed by atoms with van der Waals surface area (Å²) in [6, 6.07) is 0.305. The zero-order valence-corrected chi connectivity index (χ0v) is 12.5. The molecule has 2 heterocycles. The van der Waals surface area contributed by atoms with E-state index < -0.39 is 0 Å². The number of nitrogens with one attached hydrogen (secondary N) is 1. The number of hydrogen-bond acceptors (Lipinski definition) is 5. The van der Waals surface area contributed by atoms with Crippen LogP contribution >= 0.6 is 0 Å². The molecule has 2 atom stereocenters. The van der Waals surface area contributed by atoms with Gasteiger partial charge in [0, 0.05) is 12.0 Å². The fraction of sp³-hybridized carbons (Fsp3) is 0.867. The van der Waals surface area contributed by atoms with E-state index in [1.165, 1.54) is 25.7 Å². The van der Waals surface area contributed by atoms with Crippen molar-refractivity contribution in [3.63, 3.8) is 0 Å². The van der Waals surface area contributed by atoms with Crippen LogP contribution in [0.25, 0.3) is 0 Å². The Balaban J connectivity index is 1.67. The van der Waals surface area contributed by atoms with E-state index >= 15 is 0 Å². The monoisotopic (exact) mass is 279 g/mol. The maximum Gasteiger partial charge on any atom is 0.233 e. The topological polar surface area (TPSA) is 60.2 Å². The Morgan fingerprint density at radius 1 is 1.20 bits per heavy atom. The van der Waals surface area contributed by atoms with E-state index in [4.69, 9.17) is 9.26 Å². The van der Waals surface area contributed by atoms with Crippen molar-refractivity contribution in [2.24, 2.45) is 5.92 Å². The minimum atomic E-state index is 0.207. The van der Waals surface area contributed by atoms with Crippen LogP contribution in [-0.4, -0.2) is 35.9 Å². The summed E-state index contributed by atoms with van der Waals surface area (Å²) in [5.41, 5.74) is 0. The first-order valence-electron chi connectivity index (χ1n) is 7.92. The van der Waals surface area contributed by atoms with Crippen LogP contribution < -0.4 is 5.32 Å². The largest absolute Gasteiger partial charge is 0.379 e. The summed E-state index contributed by atoms with van der Waals surface area (Å²) in [4.78, 5) is 4.68. The summed E-state index contributed by atoms with van der Waals surface area (Å²) in [7, 11) is 0. The van der Waals surface area contributed by atoms with E-state index in [2.05, 4.69) is 29.3 Å². The molecule has 1 aliphatic heterocycles. The predicted octanol–water partition coefficient (Wildman–Crippen LogP) is 2.46. The molecule has 0 spiro atoms. The fourth-order valence-electron chi connectivity index (χ4n) is 3.34. The average molecular weight is 279 g/mol. The van der Waals surface area contributed by atoms with Crippen LogP contribution in [0, 0.1) is 5.92 Å². The summed E-state index contributed by atoms with van der Waals surface area (Å²) in [6.45, 7) is 6.79. The molecular weight excluding hydrogens is 254 g/mol. The molecule has 2 fully saturated rings. The maximum atomic E-state index is 5.56. The molecule has 2 unspecified atom stereocenters. The standard InChI is InChI=1S/C15H25N3O2/c1-3-16-13-9-19-8-12(13)15-17-14(18-20-15)11-6-4-10(2)5-7-11/h10-13,16H,3-9H2,1-2H3. The van der Waals surface area contributed by atoms with Crippen LogP contribution in [0.1, 0.15) is 63.1 Å². The van der Waals surface area contributed by atoms with Gasteiger partial charge in [-0.2, -0.15) is 4.98 Å². The lowest BCUT2D eigenvalue weighted by Gasteiger charge is -2.23. The van der Waals surface area contributed by atoms with Gasteiger partial charge in [0.15, 0.2) is 5.82 Å². The Bertz CT molecular complexity index is 427. The first kappa shape index (κ1) is 14.0. The molecule has 20 heavy (non-hydrogen) atoms. The smallest absolute Gasteiger partial charge is 0.233 e. The van der Waals surface area contributed by atoms with Crippen molar-refractivity contribution in [1.29, 1.82) is 0 Å². The molecule has 1 aliphatic carbocycles. The van der Waals surface area contributed by atoms with E-state index in [1.54, 1.807) is 0 Å². The highest BCUT2D eigenvalue weighted by Crippen LogP contribution is 2.35. The van der Waals surface area contributed by atoms with Gasteiger partial charge in [0.25, 0.3) is 0 Å². The summed E-state index contributed by atoms with van der Waals surface area (Å²) in [6.07, 6.45) is 4.94. The molecule has 1 aromatic rings. The summed E-state index contributed by atoms with van der Waals surface area (Å²) in [5.74, 6) is 3.21. The van der Waals surface area contributed by atoms with Gasteiger partial charge < -0.3 is 14.6 Å². The maximum absolute atomic E-state index is 5.56. The van der Waals surface area contributed by atoms with Crippen molar-refractivity contribution in [2.75, 3.05) is 19.8 Å². The third kappa shape index (κ3) is 2.88. The average Bonchev–Trinajstić information content (AvgIpc) is 3.08. The minimum absolute atomic E-state index is 0.207. The van der Waals surface area contributed by atoms with Crippen LogP contribution in [0.15, 0.2) is 4.52 Å². The molecule has 1 saturated heterocycles. The quantitative estimate of drug-likeness (QED) is 0.917. The number of ether oxygens (including phenoxy) is 1. The lowest BCUT2D eigenvalue weighted by Crippen LogP contribution is -2.34. The molecule has 1 N–H and O–H groups in total. The van der Waals surface area contributed by atoms with Gasteiger partial charge in [-0.1, -0.05) is 31.8 Å². The Kier molecular flexibility index (Phi) is 4.36. The molecule has 0 radical (unpaired) electrons. The second-order valence-corrected chi connectivity index (χ2v) is 6.26. The SMILES string of the molecule is CCNC1COCC1c1nc(C2CCC(C)CC2)no1. The number of rotatable bonds is 4. The number of likely N-dealkylation sites (N-methyl/N-ethyl adjacent to an activating group) is 1. The summed E-state index contributed by atoms with van der Waals surface area (Å²) >= 11 is 0. The molecule has 1 aromatic heterocycles. The summed E-state index contributed by atoms with van der Waals surface area (Å²) < 4.78 is 11.1.